The molecule has 0 bridgehead atoms. The molecule has 146 valence electrons. The van der Waals surface area contributed by atoms with Gasteiger partial charge in [0, 0.05) is 13.6 Å². The van der Waals surface area contributed by atoms with Crippen LogP contribution in [0.4, 0.5) is 16.2 Å². The van der Waals surface area contributed by atoms with E-state index in [1.165, 1.54) is 0 Å². The molecule has 9 nitrogen and oxygen atoms in total. The van der Waals surface area contributed by atoms with Crippen LogP contribution in [0.3, 0.4) is 0 Å². The predicted octanol–water partition coefficient (Wildman–Crippen LogP) is 1.32. The van der Waals surface area contributed by atoms with Gasteiger partial charge in [-0.2, -0.15) is 4.98 Å². The van der Waals surface area contributed by atoms with Crippen molar-refractivity contribution in [3.05, 3.63) is 12.0 Å². The minimum Gasteiger partial charge on any atom is -0.357 e. The zero-order valence-electron chi connectivity index (χ0n) is 15.4. The van der Waals surface area contributed by atoms with Gasteiger partial charge in [-0.1, -0.05) is 26.2 Å². The molecule has 1 rings (SSSR count). The van der Waals surface area contributed by atoms with Crippen LogP contribution in [-0.2, 0) is 9.59 Å². The smallest absolute Gasteiger partial charge is 0.249 e. The average Bonchev–Trinajstić information content (AvgIpc) is 2.65. The summed E-state index contributed by atoms with van der Waals surface area (Å²) in [7, 11) is 1.65. The zero-order chi connectivity index (χ0) is 19.7. The number of rotatable bonds is 11. The van der Waals surface area contributed by atoms with Gasteiger partial charge in [-0.3, -0.25) is 14.8 Å². The fourth-order valence-corrected chi connectivity index (χ4v) is 2.38. The van der Waals surface area contributed by atoms with Gasteiger partial charge in [0.15, 0.2) is 11.6 Å². The van der Waals surface area contributed by atoms with Gasteiger partial charge in [-0.05, 0) is 13.3 Å². The van der Waals surface area contributed by atoms with Gasteiger partial charge < -0.3 is 4.90 Å². The lowest BCUT2D eigenvalue weighted by Gasteiger charge is -2.24. The summed E-state index contributed by atoms with van der Waals surface area (Å²) in [4.78, 5) is 32.7. The van der Waals surface area contributed by atoms with Crippen molar-refractivity contribution in [2.45, 2.75) is 39.5 Å². The first-order valence-electron chi connectivity index (χ1n) is 8.58. The Morgan fingerprint density at radius 1 is 1.42 bits per heavy atom. The number of carbonyl (C=O) groups excluding carboxylic acids is 2. The molecule has 2 amide bonds. The zero-order valence-corrected chi connectivity index (χ0v) is 15.4. The van der Waals surface area contributed by atoms with E-state index in [2.05, 4.69) is 9.97 Å². The Balaban J connectivity index is 3.00. The molecule has 1 atom stereocenters. The van der Waals surface area contributed by atoms with Crippen LogP contribution in [0.25, 0.3) is 0 Å². The van der Waals surface area contributed by atoms with Crippen LogP contribution in [0, 0.1) is 11.7 Å². The Morgan fingerprint density at radius 2 is 2.12 bits per heavy atom. The number of hydroxylamine groups is 2. The Labute approximate surface area is 152 Å². The van der Waals surface area contributed by atoms with Gasteiger partial charge >= 0.3 is 0 Å². The monoisotopic (exact) mass is 370 g/mol. The van der Waals surface area contributed by atoms with Gasteiger partial charge in [0.2, 0.25) is 18.3 Å². The lowest BCUT2D eigenvalue weighted by molar-refractivity contribution is -0.154. The molecule has 0 saturated heterocycles. The number of amides is 2. The maximum Gasteiger partial charge on any atom is 0.249 e. The van der Waals surface area contributed by atoms with Crippen molar-refractivity contribution in [2.75, 3.05) is 30.0 Å². The first-order chi connectivity index (χ1) is 12.3. The van der Waals surface area contributed by atoms with Gasteiger partial charge in [-0.15, -0.1) is 0 Å². The topological polar surface area (TPSA) is 116 Å². The van der Waals surface area contributed by atoms with E-state index in [9.17, 15) is 19.2 Å². The summed E-state index contributed by atoms with van der Waals surface area (Å²) < 4.78 is 13.9. The molecule has 1 aromatic rings. The SMILES string of the molecule is CCCCC[C@H](CN(O)C=O)C(=O)N(N)c1ncc(F)c(N(C)CC)n1. The van der Waals surface area contributed by atoms with Crippen molar-refractivity contribution >= 4 is 24.1 Å². The van der Waals surface area contributed by atoms with Crippen LogP contribution in [0.2, 0.25) is 0 Å². The fraction of sp³-hybridized carbons (Fsp3) is 0.625. The van der Waals surface area contributed by atoms with E-state index in [1.807, 2.05) is 13.8 Å². The number of nitrogens with zero attached hydrogens (tertiary/aromatic N) is 5. The number of hydrogen-bond donors (Lipinski definition) is 2. The first-order valence-corrected chi connectivity index (χ1v) is 8.58. The Morgan fingerprint density at radius 3 is 2.69 bits per heavy atom. The third-order valence-corrected chi connectivity index (χ3v) is 4.04. The standard InChI is InChI=1S/C16H27FN6O3/c1-4-6-7-8-12(10-22(26)11-24)15(25)23(18)16-19-9-13(17)14(20-16)21(3)5-2/h9,11-12,26H,4-8,10,18H2,1-3H3/t12-/m1/s1. The lowest BCUT2D eigenvalue weighted by Crippen LogP contribution is -2.46. The average molecular weight is 370 g/mol. The molecule has 3 N–H and O–H groups in total. The predicted molar refractivity (Wildman–Crippen MR) is 94.8 cm³/mol. The number of anilines is 2. The minimum atomic E-state index is -0.720. The summed E-state index contributed by atoms with van der Waals surface area (Å²) in [6.07, 6.45) is 4.21. The van der Waals surface area contributed by atoms with E-state index in [0.717, 1.165) is 30.5 Å². The fourth-order valence-electron chi connectivity index (χ4n) is 2.38. The molecule has 0 aliphatic carbocycles. The summed E-state index contributed by atoms with van der Waals surface area (Å²) in [6.45, 7) is 4.16. The van der Waals surface area contributed by atoms with E-state index in [0.29, 0.717) is 18.0 Å². The Hall–Kier alpha value is -2.33. The van der Waals surface area contributed by atoms with Crippen molar-refractivity contribution in [2.24, 2.45) is 11.8 Å². The second-order valence-corrected chi connectivity index (χ2v) is 5.98. The molecule has 0 fully saturated rings. The van der Waals surface area contributed by atoms with E-state index >= 15 is 0 Å². The van der Waals surface area contributed by atoms with Crippen molar-refractivity contribution in [3.8, 4) is 0 Å². The number of aromatic nitrogens is 2. The molecular weight excluding hydrogens is 343 g/mol. The van der Waals surface area contributed by atoms with E-state index < -0.39 is 17.6 Å². The van der Waals surface area contributed by atoms with Crippen molar-refractivity contribution in [3.63, 3.8) is 0 Å². The second-order valence-electron chi connectivity index (χ2n) is 5.98. The second kappa shape index (κ2) is 10.6. The van der Waals surface area contributed by atoms with Crippen LogP contribution in [0.15, 0.2) is 6.20 Å². The molecule has 0 spiro atoms. The summed E-state index contributed by atoms with van der Waals surface area (Å²) >= 11 is 0. The molecule has 10 heteroatoms. The summed E-state index contributed by atoms with van der Waals surface area (Å²) in [5, 5.41) is 10.6. The minimum absolute atomic E-state index is 0.0277. The highest BCUT2D eigenvalue weighted by atomic mass is 19.1. The number of unbranched alkanes of at least 4 members (excludes halogenated alkanes) is 2. The lowest BCUT2D eigenvalue weighted by atomic mass is 10.00. The highest BCUT2D eigenvalue weighted by Crippen LogP contribution is 2.19. The molecule has 0 saturated carbocycles. The maximum absolute atomic E-state index is 13.9. The molecule has 1 aromatic heterocycles. The number of hydrazine groups is 1. The third kappa shape index (κ3) is 5.88. The molecule has 0 aliphatic heterocycles. The van der Waals surface area contributed by atoms with Crippen LogP contribution in [-0.4, -0.2) is 52.7 Å². The third-order valence-electron chi connectivity index (χ3n) is 4.04. The molecular formula is C16H27FN6O3. The number of carbonyl (C=O) groups is 2. The molecule has 0 aliphatic rings. The van der Waals surface area contributed by atoms with Crippen LogP contribution >= 0.6 is 0 Å². The Bertz CT molecular complexity index is 603. The van der Waals surface area contributed by atoms with E-state index in [4.69, 9.17) is 5.84 Å². The molecule has 0 aromatic carbocycles. The van der Waals surface area contributed by atoms with Gasteiger partial charge in [0.05, 0.1) is 18.7 Å². The van der Waals surface area contributed by atoms with Gasteiger partial charge in [0.25, 0.3) is 0 Å². The normalized spacial score (nSPS) is 11.8. The molecule has 0 unspecified atom stereocenters. The summed E-state index contributed by atoms with van der Waals surface area (Å²) in [5.74, 6) is 3.83. The van der Waals surface area contributed by atoms with Crippen molar-refractivity contribution in [1.82, 2.24) is 15.0 Å². The summed E-state index contributed by atoms with van der Waals surface area (Å²) in [5.41, 5.74) is 0. The summed E-state index contributed by atoms with van der Waals surface area (Å²) in [6, 6.07) is 0. The quantitative estimate of drug-likeness (QED) is 0.151. The highest BCUT2D eigenvalue weighted by molar-refractivity contribution is 5.92. The van der Waals surface area contributed by atoms with Gasteiger partial charge in [0.1, 0.15) is 0 Å². The molecule has 26 heavy (non-hydrogen) atoms. The van der Waals surface area contributed by atoms with Crippen molar-refractivity contribution < 1.29 is 19.2 Å². The Kier molecular flexibility index (Phi) is 8.86. The molecule has 0 radical (unpaired) electrons. The molecule has 1 heterocycles. The van der Waals surface area contributed by atoms with Gasteiger partial charge in [-0.25, -0.2) is 25.3 Å². The largest absolute Gasteiger partial charge is 0.357 e. The number of nitrogens with two attached hydrogens (primary N) is 1. The first kappa shape index (κ1) is 21.7. The van der Waals surface area contributed by atoms with E-state index in [-0.39, 0.29) is 24.7 Å². The maximum atomic E-state index is 13.9. The van der Waals surface area contributed by atoms with Crippen LogP contribution in [0.5, 0.6) is 0 Å². The number of hydrogen-bond acceptors (Lipinski definition) is 7. The highest BCUT2D eigenvalue weighted by Gasteiger charge is 2.27. The van der Waals surface area contributed by atoms with Crippen molar-refractivity contribution in [1.29, 1.82) is 0 Å². The van der Waals surface area contributed by atoms with E-state index in [1.54, 1.807) is 11.9 Å². The van der Waals surface area contributed by atoms with Crippen LogP contribution < -0.4 is 15.8 Å². The number of halogens is 1. The van der Waals surface area contributed by atoms with Crippen LogP contribution in [0.1, 0.15) is 39.5 Å².